The summed E-state index contributed by atoms with van der Waals surface area (Å²) < 4.78 is 0. The minimum atomic E-state index is 0.154. The van der Waals surface area contributed by atoms with Gasteiger partial charge in [-0.05, 0) is 66.5 Å². The Morgan fingerprint density at radius 1 is 0.733 bits per heavy atom. The summed E-state index contributed by atoms with van der Waals surface area (Å²) in [6, 6.07) is 0. The second kappa shape index (κ2) is 13.1. The second-order valence-corrected chi connectivity index (χ2v) is 8.69. The Labute approximate surface area is 184 Å². The van der Waals surface area contributed by atoms with Crippen molar-refractivity contribution in [2.45, 2.75) is 53.4 Å². The highest BCUT2D eigenvalue weighted by Crippen LogP contribution is 2.20. The van der Waals surface area contributed by atoms with E-state index in [0.717, 1.165) is 91.1 Å². The van der Waals surface area contributed by atoms with Crippen molar-refractivity contribution in [3.8, 4) is 0 Å². The molecular weight excluding hydrogens is 376 g/mol. The second-order valence-electron chi connectivity index (χ2n) is 8.69. The monoisotopic (exact) mass is 420 g/mol. The van der Waals surface area contributed by atoms with Crippen LogP contribution < -0.4 is 0 Å². The van der Waals surface area contributed by atoms with Gasteiger partial charge in [-0.1, -0.05) is 12.2 Å². The number of hydrogen-bond donors (Lipinski definition) is 0. The van der Waals surface area contributed by atoms with Gasteiger partial charge in [0.25, 0.3) is 0 Å². The lowest BCUT2D eigenvalue weighted by atomic mass is 9.96. The summed E-state index contributed by atoms with van der Waals surface area (Å²) in [7, 11) is 0. The zero-order chi connectivity index (χ0) is 21.9. The van der Waals surface area contributed by atoms with Gasteiger partial charge in [-0.2, -0.15) is 0 Å². The van der Waals surface area contributed by atoms with E-state index >= 15 is 0 Å². The molecule has 2 unspecified atom stereocenters. The molecule has 2 rings (SSSR count). The quantitative estimate of drug-likeness (QED) is 0.510. The molecule has 172 valence electrons. The minimum Gasteiger partial charge on any atom is -0.343 e. The smallest absolute Gasteiger partial charge is 0.226 e. The highest BCUT2D eigenvalue weighted by atomic mass is 16.2. The van der Waals surface area contributed by atoms with Crippen LogP contribution in [-0.2, 0) is 9.59 Å². The summed E-state index contributed by atoms with van der Waals surface area (Å²) in [5, 5.41) is 0. The first-order chi connectivity index (χ1) is 14.5. The summed E-state index contributed by atoms with van der Waals surface area (Å²) >= 11 is 0. The van der Waals surface area contributed by atoms with Gasteiger partial charge in [0, 0.05) is 52.4 Å². The van der Waals surface area contributed by atoms with Crippen molar-refractivity contribution in [2.75, 3.05) is 65.4 Å². The van der Waals surface area contributed by atoms with Gasteiger partial charge < -0.3 is 9.80 Å². The molecule has 0 aliphatic carbocycles. The van der Waals surface area contributed by atoms with E-state index in [1.165, 1.54) is 0 Å². The lowest BCUT2D eigenvalue weighted by Gasteiger charge is -2.34. The third-order valence-corrected chi connectivity index (χ3v) is 6.75. The summed E-state index contributed by atoms with van der Waals surface area (Å²) in [5.74, 6) is 0.957. The molecule has 0 saturated carbocycles. The van der Waals surface area contributed by atoms with Crippen LogP contribution in [0.2, 0.25) is 0 Å². The molecule has 0 spiro atoms. The van der Waals surface area contributed by atoms with Gasteiger partial charge in [-0.25, -0.2) is 0 Å². The Morgan fingerprint density at radius 2 is 1.10 bits per heavy atom. The molecule has 6 nitrogen and oxygen atoms in total. The van der Waals surface area contributed by atoms with E-state index < -0.39 is 0 Å². The highest BCUT2D eigenvalue weighted by molar-refractivity contribution is 5.79. The highest BCUT2D eigenvalue weighted by Gasteiger charge is 2.29. The van der Waals surface area contributed by atoms with E-state index in [1.807, 2.05) is 9.80 Å². The maximum Gasteiger partial charge on any atom is 0.226 e. The molecular formula is C24H44N4O2. The Kier molecular flexibility index (Phi) is 10.9. The number of amides is 2. The van der Waals surface area contributed by atoms with Crippen LogP contribution in [0.4, 0.5) is 0 Å². The summed E-state index contributed by atoms with van der Waals surface area (Å²) in [6.45, 7) is 17.2. The maximum absolute atomic E-state index is 12.7. The Morgan fingerprint density at radius 3 is 1.43 bits per heavy atom. The molecule has 2 aliphatic heterocycles. The number of hydrogen-bond acceptors (Lipinski definition) is 4. The molecule has 0 N–H and O–H groups in total. The maximum atomic E-state index is 12.7. The van der Waals surface area contributed by atoms with E-state index in [2.05, 4.69) is 49.6 Å². The molecule has 2 saturated heterocycles. The summed E-state index contributed by atoms with van der Waals surface area (Å²) in [4.78, 5) is 34.1. The fourth-order valence-corrected chi connectivity index (χ4v) is 4.88. The van der Waals surface area contributed by atoms with Crippen molar-refractivity contribution in [2.24, 2.45) is 11.8 Å². The molecule has 2 aliphatic rings. The van der Waals surface area contributed by atoms with Gasteiger partial charge in [-0.3, -0.25) is 19.4 Å². The first-order valence-electron chi connectivity index (χ1n) is 12.2. The third-order valence-electron chi connectivity index (χ3n) is 6.75. The lowest BCUT2D eigenvalue weighted by Crippen LogP contribution is -2.45. The average molecular weight is 421 g/mol. The van der Waals surface area contributed by atoms with Crippen LogP contribution in [0.15, 0.2) is 12.2 Å². The first-order valence-corrected chi connectivity index (χ1v) is 12.2. The van der Waals surface area contributed by atoms with Crippen LogP contribution >= 0.6 is 0 Å². The van der Waals surface area contributed by atoms with Crippen molar-refractivity contribution < 1.29 is 9.59 Å². The van der Waals surface area contributed by atoms with Gasteiger partial charge in [0.2, 0.25) is 11.8 Å². The predicted molar refractivity (Wildman–Crippen MR) is 123 cm³/mol. The number of carbonyl (C=O) groups excluding carboxylic acids is 2. The van der Waals surface area contributed by atoms with Crippen LogP contribution in [0.5, 0.6) is 0 Å². The zero-order valence-electron chi connectivity index (χ0n) is 19.8. The number of likely N-dealkylation sites (tertiary alicyclic amines) is 2. The third kappa shape index (κ3) is 7.09. The van der Waals surface area contributed by atoms with Gasteiger partial charge in [0.1, 0.15) is 0 Å². The molecule has 0 aromatic rings. The van der Waals surface area contributed by atoms with Gasteiger partial charge >= 0.3 is 0 Å². The molecule has 2 amide bonds. The van der Waals surface area contributed by atoms with E-state index in [-0.39, 0.29) is 11.8 Å². The zero-order valence-corrected chi connectivity index (χ0v) is 19.8. The molecule has 6 heteroatoms. The van der Waals surface area contributed by atoms with Crippen LogP contribution in [0.3, 0.4) is 0 Å². The van der Waals surface area contributed by atoms with Crippen molar-refractivity contribution in [3.05, 3.63) is 12.2 Å². The fourth-order valence-electron chi connectivity index (χ4n) is 4.88. The standard InChI is InChI=1S/C24H44N4O2/c1-5-27(6-2)23(29)21-13-11-17-25(19-21)15-9-10-16-26-18-12-14-22(20-26)24(30)28(7-3)8-4/h9-10,21-22H,5-8,11-20H2,1-4H3/b10-9+. The van der Waals surface area contributed by atoms with E-state index in [0.29, 0.717) is 11.8 Å². The fraction of sp³-hybridized carbons (Fsp3) is 0.833. The lowest BCUT2D eigenvalue weighted by molar-refractivity contribution is -0.137. The minimum absolute atomic E-state index is 0.154. The van der Waals surface area contributed by atoms with E-state index in [9.17, 15) is 9.59 Å². The van der Waals surface area contributed by atoms with E-state index in [4.69, 9.17) is 0 Å². The van der Waals surface area contributed by atoms with Crippen LogP contribution in [0.1, 0.15) is 53.4 Å². The van der Waals surface area contributed by atoms with Crippen LogP contribution in [-0.4, -0.2) is 96.9 Å². The molecule has 2 heterocycles. The number of carbonyl (C=O) groups is 2. The molecule has 0 aromatic heterocycles. The topological polar surface area (TPSA) is 47.1 Å². The number of rotatable bonds is 10. The number of piperidine rings is 2. The normalized spacial score (nSPS) is 23.6. The molecule has 2 fully saturated rings. The first kappa shape index (κ1) is 24.9. The molecule has 0 aromatic carbocycles. The SMILES string of the molecule is CCN(CC)C(=O)C1CCCN(C/C=C/CN2CCCC(C(=O)N(CC)CC)C2)C1. The Hall–Kier alpha value is -1.40. The van der Waals surface area contributed by atoms with Gasteiger partial charge in [0.05, 0.1) is 11.8 Å². The summed E-state index contributed by atoms with van der Waals surface area (Å²) in [6.07, 6.45) is 8.75. The van der Waals surface area contributed by atoms with Crippen molar-refractivity contribution in [3.63, 3.8) is 0 Å². The van der Waals surface area contributed by atoms with Gasteiger partial charge in [0.15, 0.2) is 0 Å². The van der Waals surface area contributed by atoms with Crippen LogP contribution in [0, 0.1) is 11.8 Å². The average Bonchev–Trinajstić information content (AvgIpc) is 2.78. The van der Waals surface area contributed by atoms with Crippen molar-refractivity contribution in [1.29, 1.82) is 0 Å². The molecule has 0 radical (unpaired) electrons. The molecule has 30 heavy (non-hydrogen) atoms. The Balaban J connectivity index is 1.76. The molecule has 2 atom stereocenters. The van der Waals surface area contributed by atoms with Crippen LogP contribution in [0.25, 0.3) is 0 Å². The predicted octanol–water partition coefficient (Wildman–Crippen LogP) is 2.70. The Bertz CT molecular complexity index is 509. The van der Waals surface area contributed by atoms with Crippen molar-refractivity contribution in [1.82, 2.24) is 19.6 Å². The van der Waals surface area contributed by atoms with Gasteiger partial charge in [-0.15, -0.1) is 0 Å². The number of nitrogens with zero attached hydrogens (tertiary/aromatic N) is 4. The van der Waals surface area contributed by atoms with Crippen molar-refractivity contribution >= 4 is 11.8 Å². The molecule has 0 bridgehead atoms. The summed E-state index contributed by atoms with van der Waals surface area (Å²) in [5.41, 5.74) is 0. The van der Waals surface area contributed by atoms with E-state index in [1.54, 1.807) is 0 Å². The largest absolute Gasteiger partial charge is 0.343 e.